The van der Waals surface area contributed by atoms with Crippen molar-refractivity contribution in [3.8, 4) is 5.75 Å². The van der Waals surface area contributed by atoms with Crippen molar-refractivity contribution in [2.75, 3.05) is 0 Å². The summed E-state index contributed by atoms with van der Waals surface area (Å²) in [6.07, 6.45) is -1.53. The lowest BCUT2D eigenvalue weighted by Crippen LogP contribution is -2.07. The minimum Gasteiger partial charge on any atom is -0.478 e. The number of carboxylic acids is 1. The van der Waals surface area contributed by atoms with Crippen LogP contribution in [0.15, 0.2) is 24.3 Å². The van der Waals surface area contributed by atoms with Crippen LogP contribution >= 0.6 is 0 Å². The maximum Gasteiger partial charge on any atom is 0.511 e. The smallest absolute Gasteiger partial charge is 0.478 e. The molecular formula is C8H6O5. The molecule has 0 unspecified atom stereocenters. The number of benzene rings is 1. The van der Waals surface area contributed by atoms with Crippen molar-refractivity contribution >= 4 is 12.1 Å². The summed E-state index contributed by atoms with van der Waals surface area (Å²) in [7, 11) is 0. The Kier molecular flexibility index (Phi) is 2.49. The molecule has 1 rings (SSSR count). The second kappa shape index (κ2) is 3.57. The molecule has 0 heterocycles. The molecule has 0 fully saturated rings. The fourth-order valence-corrected chi connectivity index (χ4v) is 0.826. The standard InChI is InChI=1S/C8H6O5/c9-7(10)5-3-1-2-4-6(5)13-8(11)12/h1-4H,(H,9,10)(H,11,12). The molecule has 0 aromatic heterocycles. The lowest BCUT2D eigenvalue weighted by molar-refractivity contribution is 0.0693. The van der Waals surface area contributed by atoms with Crippen LogP contribution in [0.5, 0.6) is 5.75 Å². The Morgan fingerprint density at radius 2 is 1.77 bits per heavy atom. The summed E-state index contributed by atoms with van der Waals surface area (Å²) in [6.45, 7) is 0. The summed E-state index contributed by atoms with van der Waals surface area (Å²) in [5.41, 5.74) is -0.176. The predicted molar refractivity (Wildman–Crippen MR) is 42.1 cm³/mol. The summed E-state index contributed by atoms with van der Waals surface area (Å²) in [4.78, 5) is 20.7. The summed E-state index contributed by atoms with van der Waals surface area (Å²) in [6, 6.07) is 5.51. The highest BCUT2D eigenvalue weighted by molar-refractivity contribution is 5.91. The van der Waals surface area contributed by atoms with E-state index in [1.807, 2.05) is 0 Å². The van der Waals surface area contributed by atoms with Crippen molar-refractivity contribution in [1.29, 1.82) is 0 Å². The molecule has 0 bridgehead atoms. The first-order chi connectivity index (χ1) is 6.11. The number of carboxylic acid groups (broad SMARTS) is 2. The molecule has 0 radical (unpaired) electrons. The molecule has 0 saturated heterocycles. The van der Waals surface area contributed by atoms with E-state index in [2.05, 4.69) is 4.74 Å². The van der Waals surface area contributed by atoms with Crippen molar-refractivity contribution in [2.45, 2.75) is 0 Å². The lowest BCUT2D eigenvalue weighted by atomic mass is 10.2. The van der Waals surface area contributed by atoms with Gasteiger partial charge in [-0.25, -0.2) is 9.59 Å². The van der Waals surface area contributed by atoms with Gasteiger partial charge < -0.3 is 14.9 Å². The largest absolute Gasteiger partial charge is 0.511 e. The maximum absolute atomic E-state index is 10.5. The van der Waals surface area contributed by atoms with Crippen LogP contribution in [0.1, 0.15) is 10.4 Å². The summed E-state index contributed by atoms with van der Waals surface area (Å²) in [5.74, 6) is -1.40. The highest BCUT2D eigenvalue weighted by atomic mass is 16.7. The van der Waals surface area contributed by atoms with Gasteiger partial charge in [-0.15, -0.1) is 0 Å². The molecule has 13 heavy (non-hydrogen) atoms. The number of rotatable bonds is 2. The van der Waals surface area contributed by atoms with Crippen molar-refractivity contribution in [2.24, 2.45) is 0 Å². The fraction of sp³-hybridized carbons (Fsp3) is 0. The fourth-order valence-electron chi connectivity index (χ4n) is 0.826. The first kappa shape index (κ1) is 9.05. The van der Waals surface area contributed by atoms with Crippen molar-refractivity contribution in [1.82, 2.24) is 0 Å². The molecule has 2 N–H and O–H groups in total. The Morgan fingerprint density at radius 1 is 1.15 bits per heavy atom. The van der Waals surface area contributed by atoms with Gasteiger partial charge in [0.1, 0.15) is 11.3 Å². The van der Waals surface area contributed by atoms with Crippen LogP contribution in [0.2, 0.25) is 0 Å². The first-order valence-electron chi connectivity index (χ1n) is 3.34. The molecular weight excluding hydrogens is 176 g/mol. The Balaban J connectivity index is 3.04. The molecule has 5 nitrogen and oxygen atoms in total. The van der Waals surface area contributed by atoms with E-state index in [9.17, 15) is 9.59 Å². The van der Waals surface area contributed by atoms with Crippen molar-refractivity contribution in [3.63, 3.8) is 0 Å². The van der Waals surface area contributed by atoms with E-state index in [0.717, 1.165) is 0 Å². The van der Waals surface area contributed by atoms with Gasteiger partial charge in [0.05, 0.1) is 0 Å². The van der Waals surface area contributed by atoms with Crippen LogP contribution in [-0.4, -0.2) is 22.3 Å². The Morgan fingerprint density at radius 3 is 2.31 bits per heavy atom. The highest BCUT2D eigenvalue weighted by Gasteiger charge is 2.12. The van der Waals surface area contributed by atoms with E-state index in [-0.39, 0.29) is 11.3 Å². The van der Waals surface area contributed by atoms with Gasteiger partial charge in [-0.05, 0) is 12.1 Å². The molecule has 0 aliphatic carbocycles. The van der Waals surface area contributed by atoms with Crippen LogP contribution in [0.25, 0.3) is 0 Å². The zero-order valence-electron chi connectivity index (χ0n) is 6.43. The third kappa shape index (κ3) is 2.19. The number of hydrogen-bond donors (Lipinski definition) is 2. The van der Waals surface area contributed by atoms with E-state index in [4.69, 9.17) is 10.2 Å². The van der Waals surface area contributed by atoms with Gasteiger partial charge in [0.15, 0.2) is 0 Å². The van der Waals surface area contributed by atoms with E-state index >= 15 is 0 Å². The van der Waals surface area contributed by atoms with Gasteiger partial charge in [0.25, 0.3) is 0 Å². The SMILES string of the molecule is O=C(O)Oc1ccccc1C(=O)O. The topological polar surface area (TPSA) is 83.8 Å². The normalized spacial score (nSPS) is 9.23. The van der Waals surface area contributed by atoms with Crippen LogP contribution in [-0.2, 0) is 0 Å². The molecule has 1 aromatic rings. The number of para-hydroxylation sites is 1. The van der Waals surface area contributed by atoms with Crippen LogP contribution in [0.4, 0.5) is 4.79 Å². The summed E-state index contributed by atoms with van der Waals surface area (Å²) >= 11 is 0. The summed E-state index contributed by atoms with van der Waals surface area (Å²) < 4.78 is 4.24. The second-order valence-electron chi connectivity index (χ2n) is 2.17. The third-order valence-corrected chi connectivity index (χ3v) is 1.31. The number of carbonyl (C=O) groups is 2. The van der Waals surface area contributed by atoms with Gasteiger partial charge in [-0.3, -0.25) is 0 Å². The zero-order valence-corrected chi connectivity index (χ0v) is 6.43. The maximum atomic E-state index is 10.5. The molecule has 5 heteroatoms. The Bertz CT molecular complexity index is 344. The lowest BCUT2D eigenvalue weighted by Gasteiger charge is -2.02. The molecule has 68 valence electrons. The first-order valence-corrected chi connectivity index (χ1v) is 3.34. The monoisotopic (exact) mass is 182 g/mol. The average Bonchev–Trinajstić information content (AvgIpc) is 2.03. The molecule has 0 amide bonds. The Labute approximate surface area is 73.2 Å². The van der Waals surface area contributed by atoms with E-state index in [0.29, 0.717) is 0 Å². The predicted octanol–water partition coefficient (Wildman–Crippen LogP) is 1.44. The van der Waals surface area contributed by atoms with Gasteiger partial charge >= 0.3 is 12.1 Å². The van der Waals surface area contributed by atoms with Crippen molar-refractivity contribution in [3.05, 3.63) is 29.8 Å². The highest BCUT2D eigenvalue weighted by Crippen LogP contribution is 2.17. The molecule has 1 aromatic carbocycles. The minimum absolute atomic E-state index is 0.176. The number of aromatic carboxylic acids is 1. The van der Waals surface area contributed by atoms with Gasteiger partial charge in [0, 0.05) is 0 Å². The molecule has 0 spiro atoms. The van der Waals surface area contributed by atoms with Crippen LogP contribution < -0.4 is 4.74 Å². The van der Waals surface area contributed by atoms with E-state index < -0.39 is 12.1 Å². The van der Waals surface area contributed by atoms with Crippen molar-refractivity contribution < 1.29 is 24.5 Å². The van der Waals surface area contributed by atoms with E-state index in [1.165, 1.54) is 24.3 Å². The van der Waals surface area contributed by atoms with Gasteiger partial charge in [0.2, 0.25) is 0 Å². The average molecular weight is 182 g/mol. The number of hydrogen-bond acceptors (Lipinski definition) is 3. The number of ether oxygens (including phenoxy) is 1. The quantitative estimate of drug-likeness (QED) is 0.534. The molecule has 0 aliphatic rings. The van der Waals surface area contributed by atoms with Crippen LogP contribution in [0, 0.1) is 0 Å². The van der Waals surface area contributed by atoms with E-state index in [1.54, 1.807) is 0 Å². The van der Waals surface area contributed by atoms with Gasteiger partial charge in [-0.1, -0.05) is 12.1 Å². The zero-order chi connectivity index (χ0) is 9.84. The third-order valence-electron chi connectivity index (χ3n) is 1.31. The minimum atomic E-state index is -1.53. The molecule has 0 saturated carbocycles. The molecule has 0 aliphatic heterocycles. The second-order valence-corrected chi connectivity index (χ2v) is 2.17. The Hall–Kier alpha value is -2.04. The van der Waals surface area contributed by atoms with Gasteiger partial charge in [-0.2, -0.15) is 0 Å². The molecule has 0 atom stereocenters. The van der Waals surface area contributed by atoms with Crippen LogP contribution in [0.3, 0.4) is 0 Å². The summed E-state index contributed by atoms with van der Waals surface area (Å²) in [5, 5.41) is 16.9.